The average molecular weight is 636 g/mol. The number of aromatic nitrogens is 3. The predicted molar refractivity (Wildman–Crippen MR) is 158 cm³/mol. The number of benzene rings is 1. The van der Waals surface area contributed by atoms with Crippen molar-refractivity contribution >= 4 is 40.5 Å². The molecule has 230 valence electrons. The number of carboxylic acid groups (broad SMARTS) is 1. The van der Waals surface area contributed by atoms with Crippen molar-refractivity contribution < 1.29 is 27.9 Å². The van der Waals surface area contributed by atoms with Gasteiger partial charge in [-0.1, -0.05) is 31.5 Å². The zero-order valence-electron chi connectivity index (χ0n) is 24.0. The number of halogens is 4. The van der Waals surface area contributed by atoms with Gasteiger partial charge in [0.25, 0.3) is 0 Å². The molecule has 0 bridgehead atoms. The number of likely N-dealkylation sites (tertiary alicyclic amines) is 1. The average Bonchev–Trinajstić information content (AvgIpc) is 3.33. The van der Waals surface area contributed by atoms with Crippen LogP contribution in [0.15, 0.2) is 30.6 Å². The molecule has 0 aliphatic carbocycles. The molecule has 1 N–H and O–H groups in total. The lowest BCUT2D eigenvalue weighted by Gasteiger charge is -2.37. The van der Waals surface area contributed by atoms with Gasteiger partial charge in [-0.2, -0.15) is 13.2 Å². The molecule has 0 spiro atoms. The molecule has 2 fully saturated rings. The second-order valence-corrected chi connectivity index (χ2v) is 13.6. The molecular formula is C30H33ClF3N5O3S. The molecule has 3 aromatic rings. The van der Waals surface area contributed by atoms with E-state index in [1.54, 1.807) is 0 Å². The van der Waals surface area contributed by atoms with Crippen LogP contribution in [0.1, 0.15) is 65.5 Å². The van der Waals surface area contributed by atoms with Gasteiger partial charge in [0.2, 0.25) is 0 Å². The summed E-state index contributed by atoms with van der Waals surface area (Å²) >= 11 is 7.21. The fourth-order valence-corrected chi connectivity index (χ4v) is 7.15. The molecule has 8 nitrogen and oxygen atoms in total. The van der Waals surface area contributed by atoms with Crippen LogP contribution in [0.2, 0.25) is 5.02 Å². The largest absolute Gasteiger partial charge is 0.481 e. The first-order valence-corrected chi connectivity index (χ1v) is 15.4. The Hall–Kier alpha value is -3.09. The zero-order valence-corrected chi connectivity index (χ0v) is 25.5. The Kier molecular flexibility index (Phi) is 9.10. The first-order valence-electron chi connectivity index (χ1n) is 14.2. The van der Waals surface area contributed by atoms with Crippen molar-refractivity contribution in [3.8, 4) is 11.3 Å². The number of carbonyl (C=O) groups excluding carboxylic acids is 1. The van der Waals surface area contributed by atoms with Gasteiger partial charge in [0, 0.05) is 36.6 Å². The number of carbonyl (C=O) groups is 2. The Balaban J connectivity index is 1.36. The van der Waals surface area contributed by atoms with Crippen LogP contribution in [0.25, 0.3) is 11.3 Å². The van der Waals surface area contributed by atoms with E-state index in [2.05, 4.69) is 33.7 Å². The van der Waals surface area contributed by atoms with E-state index in [-0.39, 0.29) is 34.3 Å². The van der Waals surface area contributed by atoms with Crippen molar-refractivity contribution in [2.45, 2.75) is 58.7 Å². The second-order valence-electron chi connectivity index (χ2n) is 12.0. The van der Waals surface area contributed by atoms with Gasteiger partial charge in [0.15, 0.2) is 5.78 Å². The van der Waals surface area contributed by atoms with Gasteiger partial charge in [-0.3, -0.25) is 14.5 Å². The number of alkyl halides is 3. The SMILES string of the molecule is CC1(C)CCCN(Cc2sc(CC(=O)c3cnc(N4CCC(C(=O)O)CC4)cn3)nc2-c2ccc(Cl)c(C(F)(F)F)c2)C1. The Bertz CT molecular complexity index is 1490. The number of anilines is 1. The number of nitrogens with zero attached hydrogens (tertiary/aromatic N) is 5. The summed E-state index contributed by atoms with van der Waals surface area (Å²) < 4.78 is 41.0. The lowest BCUT2D eigenvalue weighted by Crippen LogP contribution is -2.39. The van der Waals surface area contributed by atoms with Crippen molar-refractivity contribution in [3.63, 3.8) is 0 Å². The number of aliphatic carboxylic acids is 1. The van der Waals surface area contributed by atoms with Crippen LogP contribution < -0.4 is 4.90 Å². The highest BCUT2D eigenvalue weighted by molar-refractivity contribution is 7.12. The number of ketones is 1. The molecule has 0 amide bonds. The van der Waals surface area contributed by atoms with E-state index in [0.717, 1.165) is 36.9 Å². The number of hydrogen-bond donors (Lipinski definition) is 1. The topological polar surface area (TPSA) is 99.5 Å². The smallest absolute Gasteiger partial charge is 0.417 e. The number of Topliss-reactive ketones (excluding diaryl/α,β-unsaturated/α-hetero) is 1. The number of hydrogen-bond acceptors (Lipinski definition) is 8. The maximum Gasteiger partial charge on any atom is 0.417 e. The molecule has 4 heterocycles. The molecule has 0 unspecified atom stereocenters. The van der Waals surface area contributed by atoms with Crippen molar-refractivity contribution in [2.24, 2.45) is 11.3 Å². The number of rotatable bonds is 8. The molecule has 13 heteroatoms. The monoisotopic (exact) mass is 635 g/mol. The molecule has 5 rings (SSSR count). The first-order chi connectivity index (χ1) is 20.3. The molecule has 0 radical (unpaired) electrons. The normalized spacial score (nSPS) is 18.1. The van der Waals surface area contributed by atoms with Gasteiger partial charge in [-0.05, 0) is 49.8 Å². The van der Waals surface area contributed by atoms with Crippen molar-refractivity contribution in [2.75, 3.05) is 31.1 Å². The number of thiazole rings is 1. The van der Waals surface area contributed by atoms with Crippen LogP contribution >= 0.6 is 22.9 Å². The van der Waals surface area contributed by atoms with E-state index in [4.69, 9.17) is 11.6 Å². The Morgan fingerprint density at radius 2 is 1.88 bits per heavy atom. The minimum atomic E-state index is -4.62. The van der Waals surface area contributed by atoms with Crippen molar-refractivity contribution in [1.82, 2.24) is 19.9 Å². The van der Waals surface area contributed by atoms with E-state index in [1.807, 2.05) is 4.90 Å². The number of carboxylic acids is 1. The number of piperidine rings is 2. The molecule has 2 aliphatic heterocycles. The maximum absolute atomic E-state index is 13.7. The Morgan fingerprint density at radius 1 is 1.14 bits per heavy atom. The minimum absolute atomic E-state index is 0.0685. The first kappa shape index (κ1) is 31.3. The van der Waals surface area contributed by atoms with Crippen LogP contribution in [0.5, 0.6) is 0 Å². The third-order valence-electron chi connectivity index (χ3n) is 8.04. The summed E-state index contributed by atoms with van der Waals surface area (Å²) in [7, 11) is 0. The van der Waals surface area contributed by atoms with Gasteiger partial charge in [-0.15, -0.1) is 11.3 Å². The van der Waals surface area contributed by atoms with Crippen LogP contribution in [0, 0.1) is 11.3 Å². The van der Waals surface area contributed by atoms with Crippen LogP contribution in [-0.2, 0) is 23.9 Å². The van der Waals surface area contributed by atoms with Crippen molar-refractivity contribution in [3.05, 3.63) is 56.8 Å². The van der Waals surface area contributed by atoms with Crippen molar-refractivity contribution in [1.29, 1.82) is 0 Å². The van der Waals surface area contributed by atoms with Gasteiger partial charge in [0.1, 0.15) is 16.5 Å². The molecular weight excluding hydrogens is 603 g/mol. The summed E-state index contributed by atoms with van der Waals surface area (Å²) in [5, 5.41) is 9.32. The van der Waals surface area contributed by atoms with Gasteiger partial charge in [-0.25, -0.2) is 15.0 Å². The van der Waals surface area contributed by atoms with E-state index in [9.17, 15) is 27.9 Å². The standard InChI is InChI=1S/C30H33ClF3N5O3S/c1-29(2)8-3-9-38(17-29)16-24-27(19-4-5-21(31)20(12-19)30(32,33)34)37-26(43-24)13-23(40)22-14-36-25(15-35-22)39-10-6-18(7-11-39)28(41)42/h4-5,12,14-15,18H,3,6-11,13,16-17H2,1-2H3,(H,41,42). The summed E-state index contributed by atoms with van der Waals surface area (Å²) in [6.45, 7) is 7.73. The summed E-state index contributed by atoms with van der Waals surface area (Å²) in [5.74, 6) is -0.891. The summed E-state index contributed by atoms with van der Waals surface area (Å²) in [5.41, 5.74) is 0.0807. The molecule has 43 heavy (non-hydrogen) atoms. The van der Waals surface area contributed by atoms with Crippen LogP contribution in [0.3, 0.4) is 0 Å². The van der Waals surface area contributed by atoms with Gasteiger partial charge in [0.05, 0.1) is 41.0 Å². The maximum atomic E-state index is 13.7. The third kappa shape index (κ3) is 7.53. The zero-order chi connectivity index (χ0) is 30.9. The molecule has 0 atom stereocenters. The highest BCUT2D eigenvalue weighted by Gasteiger charge is 2.34. The molecule has 1 aromatic carbocycles. The minimum Gasteiger partial charge on any atom is -0.481 e. The third-order valence-corrected chi connectivity index (χ3v) is 9.41. The van der Waals surface area contributed by atoms with Gasteiger partial charge < -0.3 is 10.0 Å². The highest BCUT2D eigenvalue weighted by atomic mass is 35.5. The Morgan fingerprint density at radius 3 is 2.51 bits per heavy atom. The van der Waals surface area contributed by atoms with E-state index in [0.29, 0.717) is 54.6 Å². The summed E-state index contributed by atoms with van der Waals surface area (Å²) in [4.78, 5) is 42.8. The molecule has 0 saturated carbocycles. The van der Waals surface area contributed by atoms with E-state index in [1.165, 1.54) is 35.9 Å². The lowest BCUT2D eigenvalue weighted by molar-refractivity contribution is -0.142. The fourth-order valence-electron chi connectivity index (χ4n) is 5.79. The molecule has 2 saturated heterocycles. The van der Waals surface area contributed by atoms with Gasteiger partial charge >= 0.3 is 12.1 Å². The Labute approximate surface area is 256 Å². The highest BCUT2D eigenvalue weighted by Crippen LogP contribution is 2.39. The lowest BCUT2D eigenvalue weighted by atomic mass is 9.84. The summed E-state index contributed by atoms with van der Waals surface area (Å²) in [6, 6.07) is 3.79. The van der Waals surface area contributed by atoms with E-state index >= 15 is 0 Å². The van der Waals surface area contributed by atoms with E-state index < -0.39 is 17.7 Å². The fraction of sp³-hybridized carbons (Fsp3) is 0.500. The summed E-state index contributed by atoms with van der Waals surface area (Å²) in [6.07, 6.45) is 1.39. The quantitative estimate of drug-likeness (QED) is 0.276. The second kappa shape index (κ2) is 12.5. The van der Waals surface area contributed by atoms with Crippen LogP contribution in [0.4, 0.5) is 19.0 Å². The molecule has 2 aromatic heterocycles. The predicted octanol–water partition coefficient (Wildman–Crippen LogP) is 6.62. The van der Waals surface area contributed by atoms with Crippen LogP contribution in [-0.4, -0.2) is 62.9 Å². The molecule has 2 aliphatic rings.